The van der Waals surface area contributed by atoms with E-state index in [0.29, 0.717) is 11.8 Å². The van der Waals surface area contributed by atoms with Gasteiger partial charge in [-0.1, -0.05) is 32.3 Å². The molecule has 17 heavy (non-hydrogen) atoms. The maximum Gasteiger partial charge on any atom is 0.230 e. The van der Waals surface area contributed by atoms with E-state index in [4.69, 9.17) is 10.3 Å². The minimum absolute atomic E-state index is 0.199. The first-order chi connectivity index (χ1) is 7.99. The average Bonchev–Trinajstić information content (AvgIpc) is 2.81. The predicted octanol–water partition coefficient (Wildman–Crippen LogP) is 2.50. The lowest BCUT2D eigenvalue weighted by molar-refractivity contribution is 0.318. The summed E-state index contributed by atoms with van der Waals surface area (Å²) in [6.07, 6.45) is 4.41. The van der Waals surface area contributed by atoms with Crippen LogP contribution in [0.15, 0.2) is 4.52 Å². The van der Waals surface area contributed by atoms with Gasteiger partial charge in [0.15, 0.2) is 5.82 Å². The molecule has 0 amide bonds. The van der Waals surface area contributed by atoms with Gasteiger partial charge in [0.1, 0.15) is 0 Å². The Morgan fingerprint density at radius 2 is 2.12 bits per heavy atom. The second kappa shape index (κ2) is 4.77. The van der Waals surface area contributed by atoms with Crippen molar-refractivity contribution in [2.75, 3.05) is 6.54 Å². The van der Waals surface area contributed by atoms with Crippen molar-refractivity contribution in [3.63, 3.8) is 0 Å². The van der Waals surface area contributed by atoms with Gasteiger partial charge in [0.05, 0.1) is 0 Å². The zero-order chi connectivity index (χ0) is 12.5. The monoisotopic (exact) mass is 237 g/mol. The Kier molecular flexibility index (Phi) is 3.52. The van der Waals surface area contributed by atoms with Crippen LogP contribution in [-0.2, 0) is 6.42 Å². The van der Waals surface area contributed by atoms with Crippen LogP contribution in [0.1, 0.15) is 57.7 Å². The lowest BCUT2D eigenvalue weighted by Gasteiger charge is -2.14. The van der Waals surface area contributed by atoms with Gasteiger partial charge in [0, 0.05) is 12.3 Å². The van der Waals surface area contributed by atoms with E-state index < -0.39 is 0 Å². The SMILES string of the molecule is CC(C)(C)Cc1noc(C2CCCC2CN)n1. The number of nitrogens with two attached hydrogens (primary N) is 1. The van der Waals surface area contributed by atoms with Gasteiger partial charge in [0.2, 0.25) is 5.89 Å². The van der Waals surface area contributed by atoms with Crippen LogP contribution in [0.4, 0.5) is 0 Å². The number of aromatic nitrogens is 2. The highest BCUT2D eigenvalue weighted by molar-refractivity contribution is 5.01. The van der Waals surface area contributed by atoms with E-state index in [1.54, 1.807) is 0 Å². The van der Waals surface area contributed by atoms with Gasteiger partial charge in [-0.05, 0) is 30.7 Å². The molecule has 1 fully saturated rings. The zero-order valence-electron chi connectivity index (χ0n) is 11.1. The standard InChI is InChI=1S/C13H23N3O/c1-13(2,3)7-11-15-12(17-16-11)10-6-4-5-9(10)8-14/h9-10H,4-8,14H2,1-3H3. The van der Waals surface area contributed by atoms with Gasteiger partial charge < -0.3 is 10.3 Å². The van der Waals surface area contributed by atoms with Crippen LogP contribution in [0.3, 0.4) is 0 Å². The number of rotatable bonds is 3. The lowest BCUT2D eigenvalue weighted by Crippen LogP contribution is -2.17. The van der Waals surface area contributed by atoms with Gasteiger partial charge in [-0.25, -0.2) is 0 Å². The second-order valence-electron chi connectivity index (χ2n) is 6.32. The Balaban J connectivity index is 2.07. The Morgan fingerprint density at radius 1 is 1.35 bits per heavy atom. The summed E-state index contributed by atoms with van der Waals surface area (Å²) in [5, 5.41) is 4.09. The Labute approximate surface area is 103 Å². The molecule has 0 aliphatic heterocycles. The van der Waals surface area contributed by atoms with Gasteiger partial charge in [0.25, 0.3) is 0 Å². The van der Waals surface area contributed by atoms with Crippen molar-refractivity contribution in [3.8, 4) is 0 Å². The molecule has 2 atom stereocenters. The highest BCUT2D eigenvalue weighted by Crippen LogP contribution is 2.38. The van der Waals surface area contributed by atoms with Gasteiger partial charge >= 0.3 is 0 Å². The van der Waals surface area contributed by atoms with Gasteiger partial charge in [-0.3, -0.25) is 0 Å². The molecule has 0 radical (unpaired) electrons. The summed E-state index contributed by atoms with van der Waals surface area (Å²) in [6.45, 7) is 7.27. The number of hydrogen-bond donors (Lipinski definition) is 1. The first-order valence-corrected chi connectivity index (χ1v) is 6.52. The first kappa shape index (κ1) is 12.6. The maximum absolute atomic E-state index is 5.78. The normalized spacial score (nSPS) is 25.4. The van der Waals surface area contributed by atoms with Crippen LogP contribution in [0.5, 0.6) is 0 Å². The summed E-state index contributed by atoms with van der Waals surface area (Å²) < 4.78 is 5.41. The molecule has 0 saturated heterocycles. The van der Waals surface area contributed by atoms with E-state index >= 15 is 0 Å². The predicted molar refractivity (Wildman–Crippen MR) is 66.6 cm³/mol. The molecule has 2 rings (SSSR count). The molecular formula is C13H23N3O. The van der Waals surface area contributed by atoms with Crippen LogP contribution in [-0.4, -0.2) is 16.7 Å². The second-order valence-corrected chi connectivity index (χ2v) is 6.32. The Morgan fingerprint density at radius 3 is 2.76 bits per heavy atom. The summed E-state index contributed by atoms with van der Waals surface area (Å²) in [6, 6.07) is 0. The van der Waals surface area contributed by atoms with E-state index in [2.05, 4.69) is 30.9 Å². The molecule has 1 heterocycles. The third kappa shape index (κ3) is 3.06. The molecule has 2 unspecified atom stereocenters. The smallest absolute Gasteiger partial charge is 0.230 e. The molecule has 1 aromatic rings. The van der Waals surface area contributed by atoms with E-state index in [0.717, 1.165) is 31.1 Å². The molecule has 0 spiro atoms. The molecule has 4 heteroatoms. The van der Waals surface area contributed by atoms with Crippen molar-refractivity contribution in [3.05, 3.63) is 11.7 Å². The van der Waals surface area contributed by atoms with E-state index in [9.17, 15) is 0 Å². The molecule has 4 nitrogen and oxygen atoms in total. The molecule has 1 aliphatic rings. The summed E-state index contributed by atoms with van der Waals surface area (Å²) in [4.78, 5) is 4.54. The van der Waals surface area contributed by atoms with E-state index in [-0.39, 0.29) is 5.41 Å². The van der Waals surface area contributed by atoms with Crippen molar-refractivity contribution in [2.24, 2.45) is 17.1 Å². The topological polar surface area (TPSA) is 64.9 Å². The molecule has 1 saturated carbocycles. The summed E-state index contributed by atoms with van der Waals surface area (Å²) in [5.74, 6) is 2.55. The largest absolute Gasteiger partial charge is 0.339 e. The first-order valence-electron chi connectivity index (χ1n) is 6.52. The highest BCUT2D eigenvalue weighted by Gasteiger charge is 2.32. The van der Waals surface area contributed by atoms with E-state index in [1.807, 2.05) is 0 Å². The zero-order valence-corrected chi connectivity index (χ0v) is 11.1. The lowest BCUT2D eigenvalue weighted by atomic mass is 9.92. The van der Waals surface area contributed by atoms with Crippen molar-refractivity contribution in [1.29, 1.82) is 0 Å². The van der Waals surface area contributed by atoms with E-state index in [1.165, 1.54) is 12.8 Å². The Bertz CT molecular complexity index is 367. The quantitative estimate of drug-likeness (QED) is 0.877. The summed E-state index contributed by atoms with van der Waals surface area (Å²) in [5.41, 5.74) is 5.98. The van der Waals surface area contributed by atoms with Crippen molar-refractivity contribution >= 4 is 0 Å². The fourth-order valence-electron chi connectivity index (χ4n) is 2.61. The number of nitrogens with zero attached hydrogens (tertiary/aromatic N) is 2. The van der Waals surface area contributed by atoms with Crippen LogP contribution < -0.4 is 5.73 Å². The molecule has 0 aromatic carbocycles. The minimum atomic E-state index is 0.199. The average molecular weight is 237 g/mol. The van der Waals surface area contributed by atoms with Crippen molar-refractivity contribution in [1.82, 2.24) is 10.1 Å². The van der Waals surface area contributed by atoms with Crippen LogP contribution in [0.2, 0.25) is 0 Å². The molecule has 0 bridgehead atoms. The molecule has 2 N–H and O–H groups in total. The third-order valence-corrected chi connectivity index (χ3v) is 3.45. The highest BCUT2D eigenvalue weighted by atomic mass is 16.5. The van der Waals surface area contributed by atoms with Crippen molar-refractivity contribution < 1.29 is 4.52 Å². The van der Waals surface area contributed by atoms with Crippen LogP contribution in [0.25, 0.3) is 0 Å². The van der Waals surface area contributed by atoms with Gasteiger partial charge in [-0.2, -0.15) is 4.98 Å². The molecular weight excluding hydrogens is 214 g/mol. The summed E-state index contributed by atoms with van der Waals surface area (Å²) in [7, 11) is 0. The molecule has 96 valence electrons. The van der Waals surface area contributed by atoms with Crippen molar-refractivity contribution in [2.45, 2.75) is 52.4 Å². The van der Waals surface area contributed by atoms with Crippen LogP contribution >= 0.6 is 0 Å². The molecule has 1 aliphatic carbocycles. The minimum Gasteiger partial charge on any atom is -0.339 e. The fraction of sp³-hybridized carbons (Fsp3) is 0.846. The van der Waals surface area contributed by atoms with Gasteiger partial charge in [-0.15, -0.1) is 0 Å². The Hall–Kier alpha value is -0.900. The molecule has 1 aromatic heterocycles. The summed E-state index contributed by atoms with van der Waals surface area (Å²) >= 11 is 0. The maximum atomic E-state index is 5.78. The fourth-order valence-corrected chi connectivity index (χ4v) is 2.61. The van der Waals surface area contributed by atoms with Crippen LogP contribution in [0, 0.1) is 11.3 Å². The third-order valence-electron chi connectivity index (χ3n) is 3.45. The number of hydrogen-bond acceptors (Lipinski definition) is 4.